The van der Waals surface area contributed by atoms with Gasteiger partial charge in [-0.2, -0.15) is 0 Å². The van der Waals surface area contributed by atoms with Gasteiger partial charge in [-0.05, 0) is 44.9 Å². The van der Waals surface area contributed by atoms with Crippen LogP contribution in [0.15, 0.2) is 0 Å². The van der Waals surface area contributed by atoms with E-state index in [2.05, 4.69) is 5.43 Å². The molecule has 78 valence electrons. The number of fused-ring (bicyclic) bond motifs is 2. The van der Waals surface area contributed by atoms with E-state index in [4.69, 9.17) is 0 Å². The van der Waals surface area contributed by atoms with E-state index in [1.807, 2.05) is 18.9 Å². The maximum absolute atomic E-state index is 11.8. The van der Waals surface area contributed by atoms with Crippen molar-refractivity contribution < 1.29 is 4.79 Å². The first kappa shape index (κ1) is 8.72. The Morgan fingerprint density at radius 3 is 2.57 bits per heavy atom. The molecule has 3 rings (SSSR count). The van der Waals surface area contributed by atoms with Crippen molar-refractivity contribution in [1.29, 1.82) is 0 Å². The lowest BCUT2D eigenvalue weighted by molar-refractivity contribution is -0.168. The van der Waals surface area contributed by atoms with E-state index < -0.39 is 0 Å². The highest BCUT2D eigenvalue weighted by molar-refractivity contribution is 5.90. The van der Waals surface area contributed by atoms with Gasteiger partial charge in [0.1, 0.15) is 5.54 Å². The molecule has 1 heterocycles. The molecule has 1 saturated heterocycles. The number of carbonyl (C=O) groups excluding carboxylic acids is 1. The average Bonchev–Trinajstić information content (AvgIpc) is 2.74. The summed E-state index contributed by atoms with van der Waals surface area (Å²) in [6.07, 6.45) is 5.32. The monoisotopic (exact) mass is 194 g/mol. The summed E-state index contributed by atoms with van der Waals surface area (Å²) in [4.78, 5) is 11.8. The van der Waals surface area contributed by atoms with Crippen LogP contribution in [0.25, 0.3) is 0 Å². The van der Waals surface area contributed by atoms with Gasteiger partial charge in [0, 0.05) is 0 Å². The Labute approximate surface area is 84.8 Å². The third-order valence-electron chi connectivity index (χ3n) is 4.19. The number of hydrogen-bond acceptors (Lipinski definition) is 2. The van der Waals surface area contributed by atoms with Gasteiger partial charge in [0.2, 0.25) is 0 Å². The molecule has 3 atom stereocenters. The number of hydrazine groups is 1. The highest BCUT2D eigenvalue weighted by atomic mass is 16.2. The highest BCUT2D eigenvalue weighted by Gasteiger charge is 2.52. The molecule has 0 radical (unpaired) electrons. The summed E-state index contributed by atoms with van der Waals surface area (Å²) in [5.41, 5.74) is 2.98. The molecule has 3 fully saturated rings. The van der Waals surface area contributed by atoms with Crippen LogP contribution in [0.5, 0.6) is 0 Å². The lowest BCUT2D eigenvalue weighted by Gasteiger charge is -2.50. The van der Waals surface area contributed by atoms with Gasteiger partial charge >= 0.3 is 0 Å². The Morgan fingerprint density at radius 1 is 1.36 bits per heavy atom. The van der Waals surface area contributed by atoms with Crippen molar-refractivity contribution in [2.75, 3.05) is 0 Å². The van der Waals surface area contributed by atoms with Gasteiger partial charge in [0.05, 0.1) is 6.04 Å². The SMILES string of the molecule is CC1(C)NN(C2CC3CCC2C3)C1=O. The van der Waals surface area contributed by atoms with Crippen LogP contribution in [-0.2, 0) is 4.79 Å². The molecule has 3 aliphatic rings. The van der Waals surface area contributed by atoms with Gasteiger partial charge in [-0.3, -0.25) is 9.80 Å². The van der Waals surface area contributed by atoms with Crippen LogP contribution in [0.4, 0.5) is 0 Å². The van der Waals surface area contributed by atoms with Crippen molar-refractivity contribution in [2.24, 2.45) is 11.8 Å². The van der Waals surface area contributed by atoms with E-state index in [0.29, 0.717) is 6.04 Å². The summed E-state index contributed by atoms with van der Waals surface area (Å²) < 4.78 is 0. The first-order chi connectivity index (χ1) is 6.58. The molecule has 1 N–H and O–H groups in total. The summed E-state index contributed by atoms with van der Waals surface area (Å²) in [7, 11) is 0. The molecule has 2 saturated carbocycles. The normalized spacial score (nSPS) is 44.3. The van der Waals surface area contributed by atoms with E-state index in [1.165, 1.54) is 25.7 Å². The smallest absolute Gasteiger partial charge is 0.258 e. The topological polar surface area (TPSA) is 32.3 Å². The number of nitrogens with one attached hydrogen (secondary N) is 1. The molecule has 0 aromatic heterocycles. The van der Waals surface area contributed by atoms with Gasteiger partial charge in [0.15, 0.2) is 0 Å². The van der Waals surface area contributed by atoms with E-state index in [1.54, 1.807) is 0 Å². The molecule has 3 unspecified atom stereocenters. The Morgan fingerprint density at radius 2 is 2.14 bits per heavy atom. The van der Waals surface area contributed by atoms with Crippen LogP contribution >= 0.6 is 0 Å². The van der Waals surface area contributed by atoms with Crippen LogP contribution < -0.4 is 5.43 Å². The predicted octanol–water partition coefficient (Wildman–Crippen LogP) is 1.30. The highest BCUT2D eigenvalue weighted by Crippen LogP contribution is 2.47. The lowest BCUT2D eigenvalue weighted by atomic mass is 9.91. The van der Waals surface area contributed by atoms with Crippen molar-refractivity contribution in [3.8, 4) is 0 Å². The molecule has 2 bridgehead atoms. The number of hydrogen-bond donors (Lipinski definition) is 1. The fourth-order valence-electron chi connectivity index (χ4n) is 3.41. The molecule has 3 heteroatoms. The Hall–Kier alpha value is -0.570. The molecule has 1 amide bonds. The van der Waals surface area contributed by atoms with Crippen LogP contribution in [-0.4, -0.2) is 22.5 Å². The van der Waals surface area contributed by atoms with Crippen LogP contribution in [0.3, 0.4) is 0 Å². The Bertz CT molecular complexity index is 287. The van der Waals surface area contributed by atoms with E-state index in [9.17, 15) is 4.79 Å². The molecule has 14 heavy (non-hydrogen) atoms. The van der Waals surface area contributed by atoms with Crippen molar-refractivity contribution in [1.82, 2.24) is 10.4 Å². The van der Waals surface area contributed by atoms with Crippen LogP contribution in [0.1, 0.15) is 39.5 Å². The molecule has 0 spiro atoms. The molecule has 0 aromatic rings. The average molecular weight is 194 g/mol. The van der Waals surface area contributed by atoms with Gasteiger partial charge < -0.3 is 0 Å². The summed E-state index contributed by atoms with van der Waals surface area (Å²) in [5, 5.41) is 1.91. The second-order valence-electron chi connectivity index (χ2n) is 5.65. The second kappa shape index (κ2) is 2.51. The second-order valence-corrected chi connectivity index (χ2v) is 5.65. The Kier molecular flexibility index (Phi) is 1.56. The predicted molar refractivity (Wildman–Crippen MR) is 53.3 cm³/mol. The minimum atomic E-state index is -0.304. The van der Waals surface area contributed by atoms with Gasteiger partial charge in [-0.15, -0.1) is 0 Å². The van der Waals surface area contributed by atoms with Crippen molar-refractivity contribution in [3.63, 3.8) is 0 Å². The molecule has 1 aliphatic heterocycles. The van der Waals surface area contributed by atoms with Crippen molar-refractivity contribution >= 4 is 5.91 Å². The van der Waals surface area contributed by atoms with Crippen LogP contribution in [0.2, 0.25) is 0 Å². The fraction of sp³-hybridized carbons (Fsp3) is 0.909. The van der Waals surface area contributed by atoms with E-state index in [-0.39, 0.29) is 11.4 Å². The van der Waals surface area contributed by atoms with Crippen molar-refractivity contribution in [2.45, 2.75) is 51.1 Å². The molecule has 0 aromatic carbocycles. The Balaban J connectivity index is 1.72. The number of carbonyl (C=O) groups is 1. The first-order valence-corrected chi connectivity index (χ1v) is 5.69. The van der Waals surface area contributed by atoms with Gasteiger partial charge in [-0.1, -0.05) is 6.42 Å². The number of rotatable bonds is 1. The summed E-state index contributed by atoms with van der Waals surface area (Å²) >= 11 is 0. The molecular weight excluding hydrogens is 176 g/mol. The lowest BCUT2D eigenvalue weighted by Crippen LogP contribution is -2.76. The fourth-order valence-corrected chi connectivity index (χ4v) is 3.41. The largest absolute Gasteiger partial charge is 0.272 e. The third-order valence-corrected chi connectivity index (χ3v) is 4.19. The zero-order chi connectivity index (χ0) is 9.92. The maximum Gasteiger partial charge on any atom is 0.258 e. The zero-order valence-electron chi connectivity index (χ0n) is 8.92. The molecular formula is C11H18N2O. The van der Waals surface area contributed by atoms with E-state index in [0.717, 1.165) is 11.8 Å². The van der Waals surface area contributed by atoms with E-state index >= 15 is 0 Å². The number of amides is 1. The van der Waals surface area contributed by atoms with Gasteiger partial charge in [0.25, 0.3) is 5.91 Å². The molecule has 3 nitrogen and oxygen atoms in total. The standard InChI is InChI=1S/C11H18N2O/c1-11(2)10(14)13(12-11)9-6-7-3-4-8(9)5-7/h7-9,12H,3-6H2,1-2H3. The first-order valence-electron chi connectivity index (χ1n) is 5.69. The summed E-state index contributed by atoms with van der Waals surface area (Å²) in [6.45, 7) is 3.91. The minimum Gasteiger partial charge on any atom is -0.272 e. The summed E-state index contributed by atoms with van der Waals surface area (Å²) in [5.74, 6) is 1.98. The quantitative estimate of drug-likeness (QED) is 0.682. The van der Waals surface area contributed by atoms with Crippen LogP contribution in [0, 0.1) is 11.8 Å². The van der Waals surface area contributed by atoms with Gasteiger partial charge in [-0.25, -0.2) is 5.43 Å². The maximum atomic E-state index is 11.8. The molecule has 2 aliphatic carbocycles. The minimum absolute atomic E-state index is 0.287. The summed E-state index contributed by atoms with van der Waals surface area (Å²) in [6, 6.07) is 0.509. The zero-order valence-corrected chi connectivity index (χ0v) is 8.92. The number of nitrogens with zero attached hydrogens (tertiary/aromatic N) is 1. The van der Waals surface area contributed by atoms with Crippen molar-refractivity contribution in [3.05, 3.63) is 0 Å². The third kappa shape index (κ3) is 0.991.